The summed E-state index contributed by atoms with van der Waals surface area (Å²) in [7, 11) is 0. The van der Waals surface area contributed by atoms with Gasteiger partial charge in [-0.25, -0.2) is 19.9 Å². The predicted octanol–water partition coefficient (Wildman–Crippen LogP) is 12.8. The Morgan fingerprint density at radius 3 is 1.81 bits per heavy atom. The van der Waals surface area contributed by atoms with Crippen LogP contribution in [0.15, 0.2) is 185 Å². The average molecular weight is 732 g/mol. The van der Waals surface area contributed by atoms with Gasteiger partial charge in [-0.05, 0) is 60.0 Å². The first-order valence-corrected chi connectivity index (χ1v) is 18.9. The van der Waals surface area contributed by atoms with Crippen molar-refractivity contribution in [3.8, 4) is 51.3 Å². The molecule has 0 atom stereocenters. The van der Waals surface area contributed by atoms with Gasteiger partial charge >= 0.3 is 0 Å². The molecule has 0 spiro atoms. The molecule has 0 radical (unpaired) electrons. The number of furan rings is 1. The third kappa shape index (κ3) is 4.99. The number of nitrogens with zero attached hydrogens (tertiary/aromatic N) is 5. The van der Waals surface area contributed by atoms with Gasteiger partial charge in [0.1, 0.15) is 16.7 Å². The van der Waals surface area contributed by atoms with Crippen LogP contribution in [-0.4, -0.2) is 24.5 Å². The lowest BCUT2D eigenvalue weighted by atomic mass is 10.1. The second kappa shape index (κ2) is 12.3. The molecule has 7 nitrogen and oxygen atoms in total. The fraction of sp³-hybridized carbons (Fsp3) is 0. The van der Waals surface area contributed by atoms with Crippen molar-refractivity contribution in [2.45, 2.75) is 0 Å². The highest BCUT2D eigenvalue weighted by molar-refractivity contribution is 6.22. The van der Waals surface area contributed by atoms with Crippen LogP contribution in [0.5, 0.6) is 0 Å². The van der Waals surface area contributed by atoms with Gasteiger partial charge in [-0.15, -0.1) is 0 Å². The molecule has 0 aliphatic carbocycles. The minimum atomic E-state index is 0.561. The van der Waals surface area contributed by atoms with Gasteiger partial charge in [-0.1, -0.05) is 121 Å². The van der Waals surface area contributed by atoms with Crippen molar-refractivity contribution in [3.05, 3.63) is 176 Å². The van der Waals surface area contributed by atoms with Gasteiger partial charge in [0.25, 0.3) is 0 Å². The van der Waals surface area contributed by atoms with Gasteiger partial charge in [0.05, 0.1) is 11.0 Å². The van der Waals surface area contributed by atoms with E-state index in [1.54, 1.807) is 0 Å². The summed E-state index contributed by atoms with van der Waals surface area (Å²) in [5.74, 6) is 2.30. The molecule has 266 valence electrons. The molecule has 4 aromatic heterocycles. The van der Waals surface area contributed by atoms with Crippen LogP contribution >= 0.6 is 0 Å². The summed E-state index contributed by atoms with van der Waals surface area (Å²) in [5, 5.41) is 6.63. The average Bonchev–Trinajstić information content (AvgIpc) is 3.99. The fourth-order valence-corrected chi connectivity index (χ4v) is 8.20. The molecular weight excluding hydrogens is 703 g/mol. The highest BCUT2D eigenvalue weighted by Gasteiger charge is 2.22. The summed E-state index contributed by atoms with van der Waals surface area (Å²) in [4.78, 5) is 20.2. The van der Waals surface area contributed by atoms with E-state index < -0.39 is 0 Å². The molecule has 8 aromatic carbocycles. The van der Waals surface area contributed by atoms with Crippen molar-refractivity contribution < 1.29 is 8.83 Å². The Balaban J connectivity index is 1.09. The van der Waals surface area contributed by atoms with Crippen LogP contribution in [0.25, 0.3) is 117 Å². The monoisotopic (exact) mass is 731 g/mol. The quantitative estimate of drug-likeness (QED) is 0.175. The Hall–Kier alpha value is -7.90. The molecular formula is C50H29N5O2. The Morgan fingerprint density at radius 1 is 0.368 bits per heavy atom. The molecule has 0 unspecified atom stereocenters. The van der Waals surface area contributed by atoms with E-state index in [2.05, 4.69) is 95.6 Å². The summed E-state index contributed by atoms with van der Waals surface area (Å²) in [6.45, 7) is 0. The molecule has 7 heteroatoms. The zero-order valence-corrected chi connectivity index (χ0v) is 30.3. The van der Waals surface area contributed by atoms with Crippen molar-refractivity contribution in [2.24, 2.45) is 0 Å². The second-order valence-corrected chi connectivity index (χ2v) is 14.2. The third-order valence-corrected chi connectivity index (χ3v) is 10.9. The molecule has 57 heavy (non-hydrogen) atoms. The van der Waals surface area contributed by atoms with E-state index in [0.717, 1.165) is 93.6 Å². The Bertz CT molecular complexity index is 3530. The van der Waals surface area contributed by atoms with E-state index >= 15 is 0 Å². The van der Waals surface area contributed by atoms with E-state index in [-0.39, 0.29) is 0 Å². The molecule has 0 amide bonds. The lowest BCUT2D eigenvalue weighted by Gasteiger charge is -2.12. The molecule has 0 fully saturated rings. The maximum absolute atomic E-state index is 6.69. The lowest BCUT2D eigenvalue weighted by Crippen LogP contribution is -2.01. The van der Waals surface area contributed by atoms with Crippen LogP contribution < -0.4 is 0 Å². The molecule has 0 saturated heterocycles. The lowest BCUT2D eigenvalue weighted by molar-refractivity contribution is 0.622. The fourth-order valence-electron chi connectivity index (χ4n) is 8.20. The molecule has 0 bridgehead atoms. The standard InChI is InChI=1S/C50H29N5O2/c1-3-13-31(14-4-1)47-52-48(54-49(53-47)34-23-24-38-37-20-9-10-21-42(37)56-43(38)29-34)33-17-11-18-35(28-33)55-44-36-19-8-7-12-30(36)22-25-39(44)40-26-27-41-46(45(40)55)57-50(51-41)32-15-5-2-6-16-32/h1-29H. The van der Waals surface area contributed by atoms with Crippen molar-refractivity contribution in [3.63, 3.8) is 0 Å². The largest absolute Gasteiger partial charge is 0.456 e. The maximum Gasteiger partial charge on any atom is 0.227 e. The predicted molar refractivity (Wildman–Crippen MR) is 228 cm³/mol. The van der Waals surface area contributed by atoms with E-state index in [4.69, 9.17) is 28.8 Å². The first-order chi connectivity index (χ1) is 28.2. The first kappa shape index (κ1) is 31.5. The van der Waals surface area contributed by atoms with E-state index in [0.29, 0.717) is 23.4 Å². The summed E-state index contributed by atoms with van der Waals surface area (Å²) < 4.78 is 15.3. The van der Waals surface area contributed by atoms with Crippen molar-refractivity contribution in [2.75, 3.05) is 0 Å². The number of fused-ring (bicyclic) bond motifs is 10. The summed E-state index contributed by atoms with van der Waals surface area (Å²) >= 11 is 0. The summed E-state index contributed by atoms with van der Waals surface area (Å²) in [5.41, 5.74) is 9.66. The van der Waals surface area contributed by atoms with E-state index in [1.165, 1.54) is 0 Å². The first-order valence-electron chi connectivity index (χ1n) is 18.9. The van der Waals surface area contributed by atoms with Crippen molar-refractivity contribution in [1.29, 1.82) is 0 Å². The van der Waals surface area contributed by atoms with Crippen LogP contribution in [0.1, 0.15) is 0 Å². The van der Waals surface area contributed by atoms with Gasteiger partial charge in [0.2, 0.25) is 5.89 Å². The molecule has 4 heterocycles. The highest BCUT2D eigenvalue weighted by atomic mass is 16.3. The molecule has 0 saturated carbocycles. The number of para-hydroxylation sites is 1. The number of hydrogen-bond donors (Lipinski definition) is 0. The zero-order chi connectivity index (χ0) is 37.5. The number of aromatic nitrogens is 5. The number of hydrogen-bond acceptors (Lipinski definition) is 6. The minimum absolute atomic E-state index is 0.561. The van der Waals surface area contributed by atoms with Crippen LogP contribution in [0, 0.1) is 0 Å². The molecule has 0 aliphatic heterocycles. The van der Waals surface area contributed by atoms with Gasteiger partial charge in [-0.2, -0.15) is 0 Å². The second-order valence-electron chi connectivity index (χ2n) is 14.2. The number of oxazole rings is 1. The third-order valence-electron chi connectivity index (χ3n) is 10.9. The van der Waals surface area contributed by atoms with E-state index in [1.807, 2.05) is 84.9 Å². The molecule has 0 N–H and O–H groups in total. The smallest absolute Gasteiger partial charge is 0.227 e. The molecule has 12 rings (SSSR count). The summed E-state index contributed by atoms with van der Waals surface area (Å²) in [6, 6.07) is 59.9. The highest BCUT2D eigenvalue weighted by Crippen LogP contribution is 2.41. The van der Waals surface area contributed by atoms with Crippen molar-refractivity contribution >= 4 is 65.6 Å². The van der Waals surface area contributed by atoms with Crippen LogP contribution in [0.4, 0.5) is 0 Å². The van der Waals surface area contributed by atoms with Crippen LogP contribution in [0.3, 0.4) is 0 Å². The zero-order valence-electron chi connectivity index (χ0n) is 30.3. The van der Waals surface area contributed by atoms with Crippen LogP contribution in [-0.2, 0) is 0 Å². The van der Waals surface area contributed by atoms with Gasteiger partial charge < -0.3 is 13.4 Å². The van der Waals surface area contributed by atoms with Gasteiger partial charge in [-0.3, -0.25) is 0 Å². The Kier molecular flexibility index (Phi) is 6.79. The van der Waals surface area contributed by atoms with E-state index in [9.17, 15) is 0 Å². The van der Waals surface area contributed by atoms with Crippen molar-refractivity contribution in [1.82, 2.24) is 24.5 Å². The SMILES string of the molecule is c1ccc(-c2nc(-c3cccc(-n4c5c6ccccc6ccc5c5ccc6nc(-c7ccccc7)oc6c54)c3)nc(-c3ccc4c(c3)oc3ccccc34)n2)cc1. The number of benzene rings is 8. The maximum atomic E-state index is 6.69. The number of rotatable bonds is 5. The normalized spacial score (nSPS) is 11.9. The van der Waals surface area contributed by atoms with Gasteiger partial charge in [0, 0.05) is 54.9 Å². The van der Waals surface area contributed by atoms with Gasteiger partial charge in [0.15, 0.2) is 23.1 Å². The summed E-state index contributed by atoms with van der Waals surface area (Å²) in [6.07, 6.45) is 0. The molecule has 0 aliphatic rings. The Morgan fingerprint density at radius 2 is 0.982 bits per heavy atom. The molecule has 12 aromatic rings. The minimum Gasteiger partial charge on any atom is -0.456 e. The Labute approximate surface area is 325 Å². The van der Waals surface area contributed by atoms with Crippen LogP contribution in [0.2, 0.25) is 0 Å². The topological polar surface area (TPSA) is 82.8 Å².